The number of oxazole rings is 1. The Kier molecular flexibility index (Phi) is 5.50. The van der Waals surface area contributed by atoms with Gasteiger partial charge in [-0.25, -0.2) is 14.1 Å². The molecule has 7 heteroatoms. The van der Waals surface area contributed by atoms with Crippen LogP contribution in [0.15, 0.2) is 47.1 Å². The average molecular weight is 382 g/mol. The Bertz CT molecular complexity index is 926. The Hall–Kier alpha value is -2.96. The molecular weight excluding hydrogens is 359 g/mol. The van der Waals surface area contributed by atoms with Crippen molar-refractivity contribution in [1.29, 1.82) is 0 Å². The highest BCUT2D eigenvalue weighted by Crippen LogP contribution is 2.30. The number of nitrogens with one attached hydrogen (secondary N) is 1. The molecule has 2 heterocycles. The zero-order valence-corrected chi connectivity index (χ0v) is 15.6. The molecule has 1 aliphatic carbocycles. The van der Waals surface area contributed by atoms with Gasteiger partial charge in [0.05, 0.1) is 18.4 Å². The Labute approximate surface area is 162 Å². The van der Waals surface area contributed by atoms with Crippen molar-refractivity contribution in [3.8, 4) is 11.3 Å². The lowest BCUT2D eigenvalue weighted by atomic mass is 9.96. The Morgan fingerprint density at radius 2 is 1.96 bits per heavy atom. The van der Waals surface area contributed by atoms with Gasteiger partial charge in [0.15, 0.2) is 11.7 Å². The van der Waals surface area contributed by atoms with Crippen LogP contribution in [0.25, 0.3) is 11.3 Å². The van der Waals surface area contributed by atoms with Crippen LogP contribution in [-0.2, 0) is 11.2 Å². The maximum absolute atomic E-state index is 13.0. The van der Waals surface area contributed by atoms with Crippen LogP contribution in [0, 0.1) is 5.82 Å². The first kappa shape index (κ1) is 18.4. The number of amides is 1. The summed E-state index contributed by atoms with van der Waals surface area (Å²) in [5, 5.41) is 7.35. The number of anilines is 1. The summed E-state index contributed by atoms with van der Waals surface area (Å²) in [5.74, 6) is 1.39. The summed E-state index contributed by atoms with van der Waals surface area (Å²) < 4.78 is 20.6. The van der Waals surface area contributed by atoms with E-state index >= 15 is 0 Å². The highest BCUT2D eigenvalue weighted by molar-refractivity contribution is 5.89. The zero-order valence-electron chi connectivity index (χ0n) is 15.6. The highest BCUT2D eigenvalue weighted by Gasteiger charge is 2.19. The Morgan fingerprint density at radius 1 is 1.18 bits per heavy atom. The van der Waals surface area contributed by atoms with Gasteiger partial charge in [-0.05, 0) is 37.1 Å². The maximum Gasteiger partial charge on any atom is 0.226 e. The highest BCUT2D eigenvalue weighted by atomic mass is 19.1. The number of halogens is 1. The summed E-state index contributed by atoms with van der Waals surface area (Å²) in [7, 11) is 0. The average Bonchev–Trinajstić information content (AvgIpc) is 3.37. The van der Waals surface area contributed by atoms with Crippen LogP contribution in [0.1, 0.15) is 50.5 Å². The van der Waals surface area contributed by atoms with Gasteiger partial charge in [-0.2, -0.15) is 5.10 Å². The number of carbonyl (C=O) groups is 1. The van der Waals surface area contributed by atoms with Crippen LogP contribution in [0.4, 0.5) is 10.2 Å². The molecule has 0 aliphatic heterocycles. The number of rotatable bonds is 6. The minimum Gasteiger partial charge on any atom is -0.441 e. The fourth-order valence-electron chi connectivity index (χ4n) is 3.63. The number of nitrogens with zero attached hydrogens (tertiary/aromatic N) is 3. The Balaban J connectivity index is 1.33. The van der Waals surface area contributed by atoms with Crippen LogP contribution in [0.3, 0.4) is 0 Å². The van der Waals surface area contributed by atoms with E-state index in [1.165, 1.54) is 31.4 Å². The first-order valence-electron chi connectivity index (χ1n) is 9.73. The van der Waals surface area contributed by atoms with E-state index in [1.54, 1.807) is 24.5 Å². The van der Waals surface area contributed by atoms with E-state index in [1.807, 2.05) is 10.7 Å². The predicted octanol–water partition coefficient (Wildman–Crippen LogP) is 4.75. The third-order valence-electron chi connectivity index (χ3n) is 5.11. The van der Waals surface area contributed by atoms with Gasteiger partial charge in [-0.15, -0.1) is 0 Å². The topological polar surface area (TPSA) is 73.0 Å². The van der Waals surface area contributed by atoms with Crippen molar-refractivity contribution < 1.29 is 13.6 Å². The lowest BCUT2D eigenvalue weighted by Crippen LogP contribution is -2.20. The van der Waals surface area contributed by atoms with E-state index in [-0.39, 0.29) is 18.1 Å². The number of aryl methyl sites for hydroxylation is 1. The predicted molar refractivity (Wildman–Crippen MR) is 103 cm³/mol. The van der Waals surface area contributed by atoms with Crippen LogP contribution in [0.2, 0.25) is 0 Å². The molecule has 1 aromatic carbocycles. The summed E-state index contributed by atoms with van der Waals surface area (Å²) in [5.41, 5.74) is 0.751. The molecular formula is C21H23FN4O2. The van der Waals surface area contributed by atoms with Gasteiger partial charge in [-0.3, -0.25) is 4.79 Å². The van der Waals surface area contributed by atoms with Crippen molar-refractivity contribution in [1.82, 2.24) is 14.8 Å². The number of hydrogen-bond donors (Lipinski definition) is 1. The largest absolute Gasteiger partial charge is 0.441 e. The molecule has 4 rings (SSSR count). The second-order valence-corrected chi connectivity index (χ2v) is 7.13. The van der Waals surface area contributed by atoms with Crippen molar-refractivity contribution in [3.63, 3.8) is 0 Å². The van der Waals surface area contributed by atoms with E-state index in [0.29, 0.717) is 24.1 Å². The normalized spacial score (nSPS) is 14.9. The molecule has 28 heavy (non-hydrogen) atoms. The zero-order chi connectivity index (χ0) is 19.3. The molecule has 1 aliphatic rings. The molecule has 1 amide bonds. The summed E-state index contributed by atoms with van der Waals surface area (Å²) in [6.45, 7) is 0. The first-order chi connectivity index (χ1) is 13.7. The molecule has 1 fully saturated rings. The van der Waals surface area contributed by atoms with Gasteiger partial charge in [0, 0.05) is 24.5 Å². The van der Waals surface area contributed by atoms with Crippen LogP contribution in [0.5, 0.6) is 0 Å². The number of aromatic nitrogens is 3. The summed E-state index contributed by atoms with van der Waals surface area (Å²) >= 11 is 0. The summed E-state index contributed by atoms with van der Waals surface area (Å²) in [6, 6.07) is 8.23. The number of hydrogen-bond acceptors (Lipinski definition) is 4. The smallest absolute Gasteiger partial charge is 0.226 e. The van der Waals surface area contributed by atoms with Crippen LogP contribution in [-0.4, -0.2) is 20.7 Å². The minimum absolute atomic E-state index is 0.0981. The van der Waals surface area contributed by atoms with Gasteiger partial charge in [-0.1, -0.05) is 19.3 Å². The Morgan fingerprint density at radius 3 is 2.75 bits per heavy atom. The molecule has 3 aromatic rings. The van der Waals surface area contributed by atoms with Crippen molar-refractivity contribution >= 4 is 11.7 Å². The van der Waals surface area contributed by atoms with Crippen molar-refractivity contribution in [2.45, 2.75) is 51.0 Å². The third kappa shape index (κ3) is 4.30. The first-order valence-corrected chi connectivity index (χ1v) is 9.73. The molecule has 1 saturated carbocycles. The SMILES string of the molecule is O=C(CCc1ncc(-c2ccc(F)cc2)o1)Nc1ccnn1C1CCCCC1. The fourth-order valence-corrected chi connectivity index (χ4v) is 3.63. The van der Waals surface area contributed by atoms with E-state index in [4.69, 9.17) is 4.42 Å². The maximum atomic E-state index is 13.0. The summed E-state index contributed by atoms with van der Waals surface area (Å²) in [6.07, 6.45) is 9.88. The second kappa shape index (κ2) is 8.37. The third-order valence-corrected chi connectivity index (χ3v) is 5.11. The van der Waals surface area contributed by atoms with Crippen LogP contribution >= 0.6 is 0 Å². The van der Waals surface area contributed by atoms with Gasteiger partial charge in [0.1, 0.15) is 11.6 Å². The molecule has 6 nitrogen and oxygen atoms in total. The van der Waals surface area contributed by atoms with Crippen LogP contribution < -0.4 is 5.32 Å². The van der Waals surface area contributed by atoms with E-state index < -0.39 is 0 Å². The van der Waals surface area contributed by atoms with Gasteiger partial charge in [0.25, 0.3) is 0 Å². The van der Waals surface area contributed by atoms with Crippen molar-refractivity contribution in [2.75, 3.05) is 5.32 Å². The lowest BCUT2D eigenvalue weighted by molar-refractivity contribution is -0.116. The second-order valence-electron chi connectivity index (χ2n) is 7.13. The van der Waals surface area contributed by atoms with Crippen molar-refractivity contribution in [2.24, 2.45) is 0 Å². The molecule has 0 radical (unpaired) electrons. The van der Waals surface area contributed by atoms with E-state index in [9.17, 15) is 9.18 Å². The standard InChI is InChI=1S/C21H23FN4O2/c22-16-8-6-15(7-9-16)18-14-23-21(28-18)11-10-20(27)25-19-12-13-24-26(19)17-4-2-1-3-5-17/h6-9,12-14,17H,1-5,10-11H2,(H,25,27). The fraction of sp³-hybridized carbons (Fsp3) is 0.381. The molecule has 0 unspecified atom stereocenters. The number of benzene rings is 1. The summed E-state index contributed by atoms with van der Waals surface area (Å²) in [4.78, 5) is 16.6. The number of carbonyl (C=O) groups excluding carboxylic acids is 1. The lowest BCUT2D eigenvalue weighted by Gasteiger charge is -2.23. The van der Waals surface area contributed by atoms with Gasteiger partial charge < -0.3 is 9.73 Å². The molecule has 146 valence electrons. The monoisotopic (exact) mass is 382 g/mol. The van der Waals surface area contributed by atoms with Crippen molar-refractivity contribution in [3.05, 3.63) is 54.4 Å². The molecule has 0 saturated heterocycles. The minimum atomic E-state index is -0.298. The molecule has 1 N–H and O–H groups in total. The quantitative estimate of drug-likeness (QED) is 0.667. The van der Waals surface area contributed by atoms with Gasteiger partial charge >= 0.3 is 0 Å². The molecule has 0 spiro atoms. The molecule has 0 bridgehead atoms. The van der Waals surface area contributed by atoms with Gasteiger partial charge in [0.2, 0.25) is 5.91 Å². The van der Waals surface area contributed by atoms with E-state index in [0.717, 1.165) is 24.2 Å². The molecule has 2 aromatic heterocycles. The molecule has 0 atom stereocenters. The van der Waals surface area contributed by atoms with E-state index in [2.05, 4.69) is 15.4 Å².